The quantitative estimate of drug-likeness (QED) is 0.683. The molecule has 4 N–H and O–H groups in total. The molecular formula is C13H15N3O3. The van der Waals surface area contributed by atoms with Gasteiger partial charge >= 0.3 is 0 Å². The van der Waals surface area contributed by atoms with Crippen molar-refractivity contribution in [2.24, 2.45) is 5.73 Å². The van der Waals surface area contributed by atoms with Crippen LogP contribution in [0, 0.1) is 0 Å². The Labute approximate surface area is 110 Å². The highest BCUT2D eigenvalue weighted by Gasteiger charge is 2.23. The fourth-order valence-electron chi connectivity index (χ4n) is 1.58. The Balaban J connectivity index is 1.89. The summed E-state index contributed by atoms with van der Waals surface area (Å²) in [6.45, 7) is -0.0733. The van der Waals surface area contributed by atoms with Gasteiger partial charge in [-0.2, -0.15) is 0 Å². The number of benzene rings is 1. The van der Waals surface area contributed by atoms with Gasteiger partial charge in [0.1, 0.15) is 0 Å². The lowest BCUT2D eigenvalue weighted by Crippen LogP contribution is -2.37. The lowest BCUT2D eigenvalue weighted by atomic mass is 10.1. The fraction of sp³-hybridized carbons (Fsp3) is 0.308. The van der Waals surface area contributed by atoms with Gasteiger partial charge in [-0.3, -0.25) is 14.4 Å². The van der Waals surface area contributed by atoms with Gasteiger partial charge in [0.25, 0.3) is 5.91 Å². The Morgan fingerprint density at radius 2 is 1.89 bits per heavy atom. The number of carbonyl (C=O) groups is 3. The molecule has 1 saturated carbocycles. The van der Waals surface area contributed by atoms with Crippen LogP contribution in [0.5, 0.6) is 0 Å². The van der Waals surface area contributed by atoms with E-state index in [1.54, 1.807) is 12.1 Å². The van der Waals surface area contributed by atoms with Crippen LogP contribution in [0.4, 0.5) is 0 Å². The van der Waals surface area contributed by atoms with E-state index < -0.39 is 11.8 Å². The molecule has 6 heteroatoms. The molecule has 1 aliphatic rings. The summed E-state index contributed by atoms with van der Waals surface area (Å²) < 4.78 is 0. The predicted octanol–water partition coefficient (Wildman–Crippen LogP) is -0.206. The van der Waals surface area contributed by atoms with Crippen molar-refractivity contribution in [2.45, 2.75) is 18.9 Å². The van der Waals surface area contributed by atoms with Gasteiger partial charge in [0.05, 0.1) is 6.54 Å². The summed E-state index contributed by atoms with van der Waals surface area (Å²) in [7, 11) is 0. The summed E-state index contributed by atoms with van der Waals surface area (Å²) in [4.78, 5) is 34.2. The topological polar surface area (TPSA) is 101 Å². The molecule has 0 spiro atoms. The molecule has 100 valence electrons. The highest BCUT2D eigenvalue weighted by Crippen LogP contribution is 2.18. The van der Waals surface area contributed by atoms with Crippen LogP contribution in [0.2, 0.25) is 0 Å². The number of hydrogen-bond acceptors (Lipinski definition) is 3. The first kappa shape index (κ1) is 13.1. The molecule has 0 aromatic heterocycles. The van der Waals surface area contributed by atoms with Gasteiger partial charge in [0.2, 0.25) is 11.8 Å². The van der Waals surface area contributed by atoms with Gasteiger partial charge in [-0.05, 0) is 31.0 Å². The average molecular weight is 261 g/mol. The number of nitrogens with one attached hydrogen (secondary N) is 2. The molecule has 3 amide bonds. The smallest absolute Gasteiger partial charge is 0.251 e. The van der Waals surface area contributed by atoms with Crippen molar-refractivity contribution in [1.29, 1.82) is 0 Å². The molecule has 0 bridgehead atoms. The number of rotatable bonds is 5. The third kappa shape index (κ3) is 3.80. The van der Waals surface area contributed by atoms with Crippen molar-refractivity contribution < 1.29 is 14.4 Å². The minimum atomic E-state index is -0.596. The third-order valence-electron chi connectivity index (χ3n) is 2.76. The Bertz CT molecular complexity index is 524. The molecule has 1 fully saturated rings. The largest absolute Gasteiger partial charge is 0.366 e. The van der Waals surface area contributed by atoms with Crippen molar-refractivity contribution in [3.63, 3.8) is 0 Å². The highest BCUT2D eigenvalue weighted by atomic mass is 16.2. The van der Waals surface area contributed by atoms with Gasteiger partial charge in [-0.25, -0.2) is 0 Å². The van der Waals surface area contributed by atoms with Crippen LogP contribution in [-0.4, -0.2) is 30.3 Å². The van der Waals surface area contributed by atoms with E-state index in [9.17, 15) is 14.4 Å². The molecule has 0 aliphatic heterocycles. The SMILES string of the molecule is NC(=O)c1cccc(C(=O)NCC(=O)NC2CC2)c1. The zero-order chi connectivity index (χ0) is 13.8. The molecule has 0 unspecified atom stereocenters. The second-order valence-corrected chi connectivity index (χ2v) is 4.47. The normalized spacial score (nSPS) is 13.7. The van der Waals surface area contributed by atoms with Gasteiger partial charge in [-0.15, -0.1) is 0 Å². The maximum atomic E-state index is 11.8. The number of nitrogens with two attached hydrogens (primary N) is 1. The molecule has 0 atom stereocenters. The van der Waals surface area contributed by atoms with Crippen LogP contribution in [0.25, 0.3) is 0 Å². The van der Waals surface area contributed by atoms with Gasteiger partial charge in [0, 0.05) is 17.2 Å². The number of hydrogen-bond donors (Lipinski definition) is 3. The first-order valence-electron chi connectivity index (χ1n) is 6.03. The molecule has 0 heterocycles. The number of primary amides is 1. The lowest BCUT2D eigenvalue weighted by molar-refractivity contribution is -0.120. The van der Waals surface area contributed by atoms with Crippen molar-refractivity contribution in [2.75, 3.05) is 6.54 Å². The monoisotopic (exact) mass is 261 g/mol. The zero-order valence-corrected chi connectivity index (χ0v) is 10.3. The van der Waals surface area contributed by atoms with Crippen molar-refractivity contribution in [3.05, 3.63) is 35.4 Å². The van der Waals surface area contributed by atoms with E-state index in [-0.39, 0.29) is 24.1 Å². The van der Waals surface area contributed by atoms with E-state index in [0.717, 1.165) is 12.8 Å². The minimum absolute atomic E-state index is 0.0733. The van der Waals surface area contributed by atoms with Gasteiger partial charge < -0.3 is 16.4 Å². The molecule has 1 aliphatic carbocycles. The van der Waals surface area contributed by atoms with Gasteiger partial charge in [0.15, 0.2) is 0 Å². The fourth-order valence-corrected chi connectivity index (χ4v) is 1.58. The van der Waals surface area contributed by atoms with Crippen molar-refractivity contribution in [1.82, 2.24) is 10.6 Å². The van der Waals surface area contributed by atoms with E-state index in [1.165, 1.54) is 12.1 Å². The van der Waals surface area contributed by atoms with E-state index in [0.29, 0.717) is 5.56 Å². The average Bonchev–Trinajstić information content (AvgIpc) is 3.20. The summed E-state index contributed by atoms with van der Waals surface area (Å²) in [6, 6.07) is 6.32. The maximum Gasteiger partial charge on any atom is 0.251 e. The Morgan fingerprint density at radius 1 is 1.21 bits per heavy atom. The van der Waals surface area contributed by atoms with Crippen LogP contribution in [0.1, 0.15) is 33.6 Å². The van der Waals surface area contributed by atoms with Crippen LogP contribution in [0.15, 0.2) is 24.3 Å². The number of amides is 3. The first-order valence-corrected chi connectivity index (χ1v) is 6.03. The first-order chi connectivity index (χ1) is 9.06. The lowest BCUT2D eigenvalue weighted by Gasteiger charge is -2.06. The molecule has 6 nitrogen and oxygen atoms in total. The van der Waals surface area contributed by atoms with Crippen LogP contribution in [-0.2, 0) is 4.79 Å². The summed E-state index contributed by atoms with van der Waals surface area (Å²) in [6.07, 6.45) is 2.00. The summed E-state index contributed by atoms with van der Waals surface area (Å²) in [5.74, 6) is -1.21. The molecule has 0 radical (unpaired) electrons. The molecule has 0 saturated heterocycles. The second kappa shape index (κ2) is 5.51. The predicted molar refractivity (Wildman–Crippen MR) is 68.5 cm³/mol. The summed E-state index contributed by atoms with van der Waals surface area (Å²) >= 11 is 0. The summed E-state index contributed by atoms with van der Waals surface area (Å²) in [5.41, 5.74) is 5.69. The zero-order valence-electron chi connectivity index (χ0n) is 10.3. The maximum absolute atomic E-state index is 11.8. The van der Waals surface area contributed by atoms with E-state index in [1.807, 2.05) is 0 Å². The minimum Gasteiger partial charge on any atom is -0.366 e. The van der Waals surface area contributed by atoms with E-state index in [4.69, 9.17) is 5.73 Å². The van der Waals surface area contributed by atoms with Crippen molar-refractivity contribution in [3.8, 4) is 0 Å². The Kier molecular flexibility index (Phi) is 3.79. The van der Waals surface area contributed by atoms with Crippen LogP contribution < -0.4 is 16.4 Å². The van der Waals surface area contributed by atoms with Crippen molar-refractivity contribution >= 4 is 17.7 Å². The molecule has 1 aromatic carbocycles. The standard InChI is InChI=1S/C13H15N3O3/c14-12(18)8-2-1-3-9(6-8)13(19)15-7-11(17)16-10-4-5-10/h1-3,6,10H,4-5,7H2,(H2,14,18)(H,15,19)(H,16,17). The highest BCUT2D eigenvalue weighted by molar-refractivity contribution is 6.00. The Morgan fingerprint density at radius 3 is 2.53 bits per heavy atom. The summed E-state index contributed by atoms with van der Waals surface area (Å²) in [5, 5.41) is 5.26. The van der Waals surface area contributed by atoms with Crippen LogP contribution in [0.3, 0.4) is 0 Å². The van der Waals surface area contributed by atoms with Crippen LogP contribution >= 0.6 is 0 Å². The van der Waals surface area contributed by atoms with E-state index in [2.05, 4.69) is 10.6 Å². The molecule has 1 aromatic rings. The Hall–Kier alpha value is -2.37. The molecule has 2 rings (SSSR count). The number of carbonyl (C=O) groups excluding carboxylic acids is 3. The molecule has 19 heavy (non-hydrogen) atoms. The van der Waals surface area contributed by atoms with E-state index >= 15 is 0 Å². The van der Waals surface area contributed by atoms with Gasteiger partial charge in [-0.1, -0.05) is 6.07 Å². The second-order valence-electron chi connectivity index (χ2n) is 4.47. The third-order valence-corrected chi connectivity index (χ3v) is 2.76. The molecular weight excluding hydrogens is 246 g/mol.